The van der Waals surface area contributed by atoms with Gasteiger partial charge in [0.2, 0.25) is 0 Å². The molecule has 1 atom stereocenters. The third-order valence-electron chi connectivity index (χ3n) is 2.00. The lowest BCUT2D eigenvalue weighted by molar-refractivity contribution is 0.195. The number of aromatic nitrogens is 3. The molecule has 0 unspecified atom stereocenters. The first-order valence-corrected chi connectivity index (χ1v) is 7.75. The molecule has 0 saturated carbocycles. The van der Waals surface area contributed by atoms with Crippen LogP contribution in [0.4, 0.5) is 0 Å². The van der Waals surface area contributed by atoms with Crippen molar-refractivity contribution in [2.24, 2.45) is 0 Å². The Balaban J connectivity index is 2.23. The number of hydrogen-bond acceptors (Lipinski definition) is 7. The van der Waals surface area contributed by atoms with Crippen LogP contribution in [0.15, 0.2) is 32.0 Å². The quantitative estimate of drug-likeness (QED) is 0.872. The summed E-state index contributed by atoms with van der Waals surface area (Å²) in [6.45, 7) is 1.73. The molecular weight excluding hydrogens is 274 g/mol. The molecule has 0 bridgehead atoms. The molecule has 0 aromatic carbocycles. The SMILES string of the molecule is CSc1nnc(Sc2ncccc2[C@@H](C)O)s1. The average molecular weight is 285 g/mol. The number of pyridine rings is 1. The topological polar surface area (TPSA) is 58.9 Å². The molecule has 0 amide bonds. The maximum absolute atomic E-state index is 9.64. The molecule has 2 rings (SSSR count). The minimum atomic E-state index is -0.529. The minimum Gasteiger partial charge on any atom is -0.389 e. The molecule has 4 nitrogen and oxygen atoms in total. The highest BCUT2D eigenvalue weighted by Crippen LogP contribution is 2.34. The van der Waals surface area contributed by atoms with Gasteiger partial charge < -0.3 is 5.11 Å². The molecule has 0 aliphatic heterocycles. The van der Waals surface area contributed by atoms with Gasteiger partial charge in [0.1, 0.15) is 5.03 Å². The number of nitrogens with zero attached hydrogens (tertiary/aromatic N) is 3. The molecule has 2 heterocycles. The van der Waals surface area contributed by atoms with Gasteiger partial charge in [-0.25, -0.2) is 4.98 Å². The first kappa shape index (κ1) is 12.8. The summed E-state index contributed by atoms with van der Waals surface area (Å²) in [6, 6.07) is 3.69. The van der Waals surface area contributed by atoms with Crippen LogP contribution in [0.25, 0.3) is 0 Å². The second-order valence-corrected chi connectivity index (χ2v) is 6.48. The number of aliphatic hydroxyl groups excluding tert-OH is 1. The lowest BCUT2D eigenvalue weighted by Crippen LogP contribution is -1.95. The van der Waals surface area contributed by atoms with Gasteiger partial charge in [-0.3, -0.25) is 0 Å². The summed E-state index contributed by atoms with van der Waals surface area (Å²) in [5.41, 5.74) is 0.818. The molecule has 2 aromatic rings. The van der Waals surface area contributed by atoms with Gasteiger partial charge >= 0.3 is 0 Å². The molecule has 7 heteroatoms. The van der Waals surface area contributed by atoms with Crippen LogP contribution in [0.5, 0.6) is 0 Å². The summed E-state index contributed by atoms with van der Waals surface area (Å²) in [7, 11) is 0. The van der Waals surface area contributed by atoms with Crippen LogP contribution in [-0.2, 0) is 0 Å². The van der Waals surface area contributed by atoms with E-state index in [0.717, 1.165) is 19.3 Å². The summed E-state index contributed by atoms with van der Waals surface area (Å²) in [4.78, 5) is 4.27. The summed E-state index contributed by atoms with van der Waals surface area (Å²) >= 11 is 4.54. The molecule has 0 fully saturated rings. The Hall–Kier alpha value is -0.630. The minimum absolute atomic E-state index is 0.529. The summed E-state index contributed by atoms with van der Waals surface area (Å²) in [6.07, 6.45) is 3.15. The fourth-order valence-corrected chi connectivity index (χ4v) is 3.73. The molecule has 1 N–H and O–H groups in total. The van der Waals surface area contributed by atoms with Gasteiger partial charge in [0.25, 0.3) is 0 Å². The van der Waals surface area contributed by atoms with Gasteiger partial charge in [0, 0.05) is 11.8 Å². The highest BCUT2D eigenvalue weighted by atomic mass is 32.2. The zero-order valence-corrected chi connectivity index (χ0v) is 11.8. The van der Waals surface area contributed by atoms with E-state index in [1.165, 1.54) is 23.1 Å². The van der Waals surface area contributed by atoms with Crippen molar-refractivity contribution < 1.29 is 5.11 Å². The molecule has 17 heavy (non-hydrogen) atoms. The Morgan fingerprint density at radius 1 is 1.35 bits per heavy atom. The van der Waals surface area contributed by atoms with Crippen LogP contribution in [-0.4, -0.2) is 26.5 Å². The fourth-order valence-electron chi connectivity index (χ4n) is 1.21. The van der Waals surface area contributed by atoms with Gasteiger partial charge in [0.15, 0.2) is 8.68 Å². The van der Waals surface area contributed by atoms with Crippen LogP contribution in [0.3, 0.4) is 0 Å². The van der Waals surface area contributed by atoms with E-state index in [-0.39, 0.29) is 0 Å². The third kappa shape index (κ3) is 3.19. The molecule has 0 saturated heterocycles. The Morgan fingerprint density at radius 3 is 2.76 bits per heavy atom. The molecule has 0 aliphatic carbocycles. The van der Waals surface area contributed by atoms with E-state index in [2.05, 4.69) is 15.2 Å². The van der Waals surface area contributed by atoms with E-state index < -0.39 is 6.10 Å². The van der Waals surface area contributed by atoms with Crippen molar-refractivity contribution in [2.45, 2.75) is 26.7 Å². The number of hydrogen-bond donors (Lipinski definition) is 1. The molecule has 0 radical (unpaired) electrons. The zero-order chi connectivity index (χ0) is 12.3. The average Bonchev–Trinajstić information content (AvgIpc) is 2.77. The number of aliphatic hydroxyl groups is 1. The van der Waals surface area contributed by atoms with Crippen molar-refractivity contribution in [1.29, 1.82) is 0 Å². The van der Waals surface area contributed by atoms with Crippen molar-refractivity contribution in [3.05, 3.63) is 23.9 Å². The number of thioether (sulfide) groups is 1. The van der Waals surface area contributed by atoms with Crippen LogP contribution in [0, 0.1) is 0 Å². The van der Waals surface area contributed by atoms with Crippen molar-refractivity contribution in [2.75, 3.05) is 6.26 Å². The van der Waals surface area contributed by atoms with Crippen molar-refractivity contribution in [3.63, 3.8) is 0 Å². The second kappa shape index (κ2) is 5.81. The van der Waals surface area contributed by atoms with E-state index in [1.54, 1.807) is 24.9 Å². The fraction of sp³-hybridized carbons (Fsp3) is 0.300. The molecule has 90 valence electrons. The van der Waals surface area contributed by atoms with Gasteiger partial charge in [0.05, 0.1) is 6.10 Å². The van der Waals surface area contributed by atoms with E-state index in [4.69, 9.17) is 0 Å². The second-order valence-electron chi connectivity index (χ2n) is 3.21. The predicted octanol–water partition coefficient (Wildman–Crippen LogP) is 2.86. The molecule has 2 aromatic heterocycles. The van der Waals surface area contributed by atoms with E-state index in [1.807, 2.05) is 18.4 Å². The monoisotopic (exact) mass is 285 g/mol. The Labute approximate surface area is 112 Å². The largest absolute Gasteiger partial charge is 0.389 e. The zero-order valence-electron chi connectivity index (χ0n) is 9.32. The van der Waals surface area contributed by atoms with Crippen LogP contribution >= 0.6 is 34.9 Å². The standard InChI is InChI=1S/C10H11N3OS3/c1-6(14)7-4-3-5-11-8(7)16-10-13-12-9(15-2)17-10/h3-6,14H,1-2H3/t6-/m1/s1. The van der Waals surface area contributed by atoms with Gasteiger partial charge in [-0.05, 0) is 31.0 Å². The van der Waals surface area contributed by atoms with Crippen molar-refractivity contribution in [3.8, 4) is 0 Å². The first-order valence-electron chi connectivity index (χ1n) is 4.89. The highest BCUT2D eigenvalue weighted by molar-refractivity contribution is 8.03. The summed E-state index contributed by atoms with van der Waals surface area (Å²) in [5.74, 6) is 0. The normalized spacial score (nSPS) is 12.6. The molecule has 0 spiro atoms. The lowest BCUT2D eigenvalue weighted by atomic mass is 10.2. The maximum Gasteiger partial charge on any atom is 0.181 e. The first-order chi connectivity index (χ1) is 8.20. The Bertz CT molecular complexity index is 501. The van der Waals surface area contributed by atoms with Crippen molar-refractivity contribution >= 4 is 34.9 Å². The van der Waals surface area contributed by atoms with Crippen LogP contribution in [0.1, 0.15) is 18.6 Å². The van der Waals surface area contributed by atoms with E-state index >= 15 is 0 Å². The Morgan fingerprint density at radius 2 is 2.12 bits per heavy atom. The number of rotatable bonds is 4. The predicted molar refractivity (Wildman–Crippen MR) is 70.7 cm³/mol. The maximum atomic E-state index is 9.64. The molecular formula is C10H11N3OS3. The van der Waals surface area contributed by atoms with Crippen LogP contribution < -0.4 is 0 Å². The van der Waals surface area contributed by atoms with Gasteiger partial charge in [-0.2, -0.15) is 0 Å². The molecule has 0 aliphatic rings. The van der Waals surface area contributed by atoms with Crippen molar-refractivity contribution in [1.82, 2.24) is 15.2 Å². The summed E-state index contributed by atoms with van der Waals surface area (Å²) < 4.78 is 1.77. The summed E-state index contributed by atoms with van der Waals surface area (Å²) in [5, 5.41) is 18.5. The Kier molecular flexibility index (Phi) is 4.38. The van der Waals surface area contributed by atoms with E-state index in [9.17, 15) is 5.11 Å². The highest BCUT2D eigenvalue weighted by Gasteiger charge is 2.12. The lowest BCUT2D eigenvalue weighted by Gasteiger charge is -2.08. The van der Waals surface area contributed by atoms with Gasteiger partial charge in [-0.15, -0.1) is 10.2 Å². The van der Waals surface area contributed by atoms with Gasteiger partial charge in [-0.1, -0.05) is 29.2 Å². The smallest absolute Gasteiger partial charge is 0.181 e. The van der Waals surface area contributed by atoms with Crippen LogP contribution in [0.2, 0.25) is 0 Å². The van der Waals surface area contributed by atoms with E-state index in [0.29, 0.717) is 0 Å². The third-order valence-corrected chi connectivity index (χ3v) is 4.98.